The van der Waals surface area contributed by atoms with E-state index >= 15 is 0 Å². The molecule has 8 nitrogen and oxygen atoms in total. The van der Waals surface area contributed by atoms with Gasteiger partial charge in [-0.25, -0.2) is 0 Å². The van der Waals surface area contributed by atoms with Crippen molar-refractivity contribution in [2.75, 3.05) is 6.61 Å². The summed E-state index contributed by atoms with van der Waals surface area (Å²) >= 11 is 1.74. The molecule has 0 aromatic heterocycles. The summed E-state index contributed by atoms with van der Waals surface area (Å²) in [6.07, 6.45) is -1.08. The van der Waals surface area contributed by atoms with Crippen LogP contribution in [-0.4, -0.2) is 61.3 Å². The highest BCUT2D eigenvalue weighted by molar-refractivity contribution is 7.99. The number of thioether (sulfide) groups is 1. The van der Waals surface area contributed by atoms with Gasteiger partial charge in [0.1, 0.15) is 17.6 Å². The Morgan fingerprint density at radius 3 is 2.15 bits per heavy atom. The van der Waals surface area contributed by atoms with Crippen molar-refractivity contribution in [1.82, 2.24) is 0 Å². The number of carbonyl (C=O) groups excluding carboxylic acids is 2. The number of hydrogen-bond donors (Lipinski definition) is 0. The van der Waals surface area contributed by atoms with Crippen LogP contribution in [0.4, 0.5) is 0 Å². The molecule has 3 heterocycles. The van der Waals surface area contributed by atoms with E-state index in [1.807, 2.05) is 31.2 Å². The minimum absolute atomic E-state index is 0.00864. The summed E-state index contributed by atoms with van der Waals surface area (Å²) in [6, 6.07) is 20.7. The maximum atomic E-state index is 8.12. The third-order valence-electron chi connectivity index (χ3n) is 7.95. The topological polar surface area (TPSA) is 89.5 Å². The molecule has 0 aliphatic carbocycles. The summed E-state index contributed by atoms with van der Waals surface area (Å²) in [5.74, 6) is 0.527. The highest BCUT2D eigenvalue weighted by atomic mass is 32.2. The molecule has 218 valence electrons. The van der Waals surface area contributed by atoms with E-state index in [1.54, 1.807) is 11.8 Å². The van der Waals surface area contributed by atoms with Gasteiger partial charge in [-0.1, -0.05) is 81.1 Å². The van der Waals surface area contributed by atoms with Crippen molar-refractivity contribution in [2.24, 2.45) is 17.8 Å². The minimum atomic E-state index is -0.388. The zero-order valence-electron chi connectivity index (χ0n) is 23.7. The molecule has 11 atom stereocenters. The van der Waals surface area contributed by atoms with Gasteiger partial charge in [0.25, 0.3) is 0 Å². The normalized spacial score (nSPS) is 37.4. The lowest BCUT2D eigenvalue weighted by Gasteiger charge is -2.50. The first-order valence-electron chi connectivity index (χ1n) is 13.9. The van der Waals surface area contributed by atoms with Crippen LogP contribution in [0.5, 0.6) is 0 Å². The summed E-state index contributed by atoms with van der Waals surface area (Å²) in [5, 5.41) is 0. The van der Waals surface area contributed by atoms with E-state index in [0.29, 0.717) is 13.2 Å². The van der Waals surface area contributed by atoms with Crippen LogP contribution in [0, 0.1) is 17.8 Å². The third kappa shape index (κ3) is 7.60. The monoisotopic (exact) mass is 572 g/mol. The van der Waals surface area contributed by atoms with Crippen molar-refractivity contribution in [1.29, 1.82) is 0 Å². The highest BCUT2D eigenvalue weighted by Gasteiger charge is 2.50. The molecule has 40 heavy (non-hydrogen) atoms. The van der Waals surface area contributed by atoms with E-state index in [2.05, 4.69) is 64.1 Å². The van der Waals surface area contributed by atoms with Crippen LogP contribution in [0.25, 0.3) is 0 Å². The van der Waals surface area contributed by atoms with Gasteiger partial charge in [-0.15, -0.1) is 0 Å². The fourth-order valence-electron chi connectivity index (χ4n) is 5.51. The Bertz CT molecular complexity index is 1060. The van der Waals surface area contributed by atoms with Crippen molar-refractivity contribution in [3.05, 3.63) is 66.2 Å². The Hall–Kier alpha value is -2.07. The molecule has 3 fully saturated rings. The summed E-state index contributed by atoms with van der Waals surface area (Å²) in [7, 11) is 0. The lowest BCUT2D eigenvalue weighted by atomic mass is 9.84. The largest absolute Gasteiger partial charge is 0.373 e. The second-order valence-corrected chi connectivity index (χ2v) is 11.9. The highest BCUT2D eigenvalue weighted by Crippen LogP contribution is 2.42. The average Bonchev–Trinajstić information content (AvgIpc) is 2.96. The summed E-state index contributed by atoms with van der Waals surface area (Å²) < 4.78 is 38.2. The van der Waals surface area contributed by atoms with E-state index in [-0.39, 0.29) is 72.4 Å². The number of hydrogen-bond acceptors (Lipinski definition) is 9. The zero-order chi connectivity index (χ0) is 28.6. The van der Waals surface area contributed by atoms with E-state index in [4.69, 9.17) is 38.0 Å². The molecule has 9 heteroatoms. The minimum Gasteiger partial charge on any atom is -0.370 e. The van der Waals surface area contributed by atoms with Crippen molar-refractivity contribution < 1.29 is 38.0 Å². The molecule has 0 saturated carbocycles. The molecule has 0 amide bonds. The first-order valence-corrected chi connectivity index (χ1v) is 14.8. The van der Waals surface area contributed by atoms with Crippen LogP contribution in [0.2, 0.25) is 0 Å². The van der Waals surface area contributed by atoms with Gasteiger partial charge in [0.15, 0.2) is 12.6 Å². The summed E-state index contributed by atoms with van der Waals surface area (Å²) in [5.41, 5.74) is 1.09. The average molecular weight is 573 g/mol. The summed E-state index contributed by atoms with van der Waals surface area (Å²) in [4.78, 5) is 17.4. The predicted octanol–water partition coefficient (Wildman–Crippen LogP) is 5.31. The molecule has 2 aromatic carbocycles. The molecular formula is C31H40O8S. The molecule has 0 bridgehead atoms. The van der Waals surface area contributed by atoms with Gasteiger partial charge in [0.05, 0.1) is 31.5 Å². The molecular weight excluding hydrogens is 532 g/mol. The molecule has 0 spiro atoms. The lowest BCUT2D eigenvalue weighted by Crippen LogP contribution is -2.60. The SMILES string of the molecule is CC1OCC2O[C@@H](O[C@@H]3C(C)O[C@@H](Sc4ccccc4)C(C)[C@@H]3OCc3ccccc3)C(C)[C@@H](C)[C@@H]2O1.O=C=O. The van der Waals surface area contributed by atoms with Crippen LogP contribution in [0.15, 0.2) is 65.6 Å². The van der Waals surface area contributed by atoms with Crippen molar-refractivity contribution in [3.8, 4) is 0 Å². The van der Waals surface area contributed by atoms with Gasteiger partial charge in [-0.05, 0) is 37.5 Å². The van der Waals surface area contributed by atoms with Crippen LogP contribution >= 0.6 is 11.8 Å². The molecule has 0 N–H and O–H groups in total. The number of rotatable bonds is 7. The first-order chi connectivity index (χ1) is 19.3. The van der Waals surface area contributed by atoms with E-state index < -0.39 is 0 Å². The van der Waals surface area contributed by atoms with Crippen LogP contribution < -0.4 is 0 Å². The Morgan fingerprint density at radius 2 is 1.48 bits per heavy atom. The van der Waals surface area contributed by atoms with Gasteiger partial charge in [0, 0.05) is 16.7 Å². The maximum Gasteiger partial charge on any atom is 0.373 e. The number of fused-ring (bicyclic) bond motifs is 1. The van der Waals surface area contributed by atoms with Gasteiger partial charge >= 0.3 is 6.15 Å². The van der Waals surface area contributed by atoms with Crippen LogP contribution in [0.1, 0.15) is 40.2 Å². The molecule has 5 rings (SSSR count). The Kier molecular flexibility index (Phi) is 11.4. The van der Waals surface area contributed by atoms with Gasteiger partial charge in [0.2, 0.25) is 0 Å². The fourth-order valence-corrected chi connectivity index (χ4v) is 6.69. The third-order valence-corrected chi connectivity index (χ3v) is 9.27. The first kappa shape index (κ1) is 30.9. The molecule has 3 aliphatic heterocycles. The molecule has 3 aliphatic rings. The fraction of sp³-hybridized carbons (Fsp3) is 0.581. The lowest BCUT2D eigenvalue weighted by molar-refractivity contribution is -0.355. The Morgan fingerprint density at radius 1 is 0.825 bits per heavy atom. The summed E-state index contributed by atoms with van der Waals surface area (Å²) in [6.45, 7) is 11.7. The van der Waals surface area contributed by atoms with Gasteiger partial charge in [-0.3, -0.25) is 0 Å². The van der Waals surface area contributed by atoms with Gasteiger partial charge in [-0.2, -0.15) is 9.59 Å². The molecule has 0 radical (unpaired) electrons. The number of ether oxygens (including phenoxy) is 6. The van der Waals surface area contributed by atoms with Gasteiger partial charge < -0.3 is 28.4 Å². The van der Waals surface area contributed by atoms with Crippen molar-refractivity contribution in [2.45, 2.75) is 94.7 Å². The quantitative estimate of drug-likeness (QED) is 0.438. The molecule has 5 unspecified atom stereocenters. The Balaban J connectivity index is 0.00000118. The smallest absolute Gasteiger partial charge is 0.370 e. The second kappa shape index (κ2) is 14.7. The standard InChI is InChI=1S/C30H40O6S.CO2/c1-18-19(2)29(35-25-17-31-22(5)34-26(18)25)36-28-21(4)33-30(37-24-14-10-7-11-15-24)20(3)27(28)32-16-23-12-8-6-9-13-23;2-1-3/h6-15,18-22,25-30H,16-17H2,1-5H3;/t18-,19?,20?,21?,22?,25?,26+,27+,28-,29+,30+;/m1./s1. The van der Waals surface area contributed by atoms with E-state index in [0.717, 1.165) is 5.56 Å². The molecule has 2 aromatic rings. The Labute approximate surface area is 241 Å². The van der Waals surface area contributed by atoms with Crippen molar-refractivity contribution >= 4 is 17.9 Å². The maximum absolute atomic E-state index is 8.12. The van der Waals surface area contributed by atoms with E-state index in [1.165, 1.54) is 4.90 Å². The van der Waals surface area contributed by atoms with Crippen LogP contribution in [-0.2, 0) is 44.6 Å². The molecule has 3 saturated heterocycles. The second-order valence-electron chi connectivity index (χ2n) is 10.7. The van der Waals surface area contributed by atoms with E-state index in [9.17, 15) is 0 Å². The zero-order valence-corrected chi connectivity index (χ0v) is 24.5. The predicted molar refractivity (Wildman–Crippen MR) is 148 cm³/mol. The van der Waals surface area contributed by atoms with Crippen LogP contribution in [0.3, 0.4) is 0 Å². The van der Waals surface area contributed by atoms with Crippen molar-refractivity contribution in [3.63, 3.8) is 0 Å². The number of benzene rings is 2.